The van der Waals surface area contributed by atoms with Gasteiger partial charge in [-0.25, -0.2) is 9.59 Å². The summed E-state index contributed by atoms with van der Waals surface area (Å²) in [7, 11) is 2.54. The molecule has 1 fully saturated rings. The van der Waals surface area contributed by atoms with Crippen LogP contribution in [0.4, 0.5) is 0 Å². The standard InChI is InChI=1S/C21H21NO7/c1-26-20(24)15-8-10-16(11-9-15)28-17-12-18(21(25)29-27-2)22(13-17)19(23)14-6-4-3-5-7-14/h3-11,17-18H,12-13H2,1-2H3/t17-,18-/m0/s1. The van der Waals surface area contributed by atoms with E-state index in [9.17, 15) is 14.4 Å². The van der Waals surface area contributed by atoms with Gasteiger partial charge in [-0.3, -0.25) is 9.68 Å². The summed E-state index contributed by atoms with van der Waals surface area (Å²) < 4.78 is 10.6. The summed E-state index contributed by atoms with van der Waals surface area (Å²) in [5.41, 5.74) is 0.861. The lowest BCUT2D eigenvalue weighted by atomic mass is 10.1. The Balaban J connectivity index is 1.75. The molecule has 1 saturated heterocycles. The first-order chi connectivity index (χ1) is 14.0. The van der Waals surface area contributed by atoms with Crippen LogP contribution in [-0.4, -0.2) is 55.7 Å². The predicted molar refractivity (Wildman–Crippen MR) is 101 cm³/mol. The summed E-state index contributed by atoms with van der Waals surface area (Å²) in [5.74, 6) is -0.894. The van der Waals surface area contributed by atoms with Crippen molar-refractivity contribution in [3.8, 4) is 5.75 Å². The van der Waals surface area contributed by atoms with Gasteiger partial charge in [0.15, 0.2) is 0 Å². The molecule has 0 aliphatic carbocycles. The molecule has 2 aromatic carbocycles. The molecule has 0 spiro atoms. The van der Waals surface area contributed by atoms with Crippen molar-refractivity contribution in [3.63, 3.8) is 0 Å². The molecule has 152 valence electrons. The summed E-state index contributed by atoms with van der Waals surface area (Å²) in [6.07, 6.45) is -0.180. The molecular weight excluding hydrogens is 378 g/mol. The molecule has 0 radical (unpaired) electrons. The average Bonchev–Trinajstić information content (AvgIpc) is 3.18. The minimum Gasteiger partial charge on any atom is -0.488 e. The smallest absolute Gasteiger partial charge is 0.364 e. The fraction of sp³-hybridized carbons (Fsp3) is 0.286. The highest BCUT2D eigenvalue weighted by atomic mass is 17.2. The topological polar surface area (TPSA) is 91.4 Å². The first-order valence-corrected chi connectivity index (χ1v) is 8.99. The zero-order valence-electron chi connectivity index (χ0n) is 16.1. The number of hydrogen-bond acceptors (Lipinski definition) is 7. The van der Waals surface area contributed by atoms with Gasteiger partial charge >= 0.3 is 11.9 Å². The van der Waals surface area contributed by atoms with E-state index >= 15 is 0 Å². The molecule has 0 aromatic heterocycles. The second-order valence-corrected chi connectivity index (χ2v) is 6.40. The Bertz CT molecular complexity index is 866. The molecule has 0 bridgehead atoms. The highest BCUT2D eigenvalue weighted by Gasteiger charge is 2.42. The number of nitrogens with zero attached hydrogens (tertiary/aromatic N) is 1. The van der Waals surface area contributed by atoms with Crippen LogP contribution in [0.2, 0.25) is 0 Å². The summed E-state index contributed by atoms with van der Waals surface area (Å²) in [6.45, 7) is 0.204. The van der Waals surface area contributed by atoms with Crippen molar-refractivity contribution < 1.29 is 33.6 Å². The van der Waals surface area contributed by atoms with Crippen LogP contribution in [0.5, 0.6) is 5.75 Å². The Morgan fingerprint density at radius 3 is 2.24 bits per heavy atom. The van der Waals surface area contributed by atoms with Crippen LogP contribution in [0.1, 0.15) is 27.1 Å². The number of likely N-dealkylation sites (tertiary alicyclic amines) is 1. The Hall–Kier alpha value is -3.39. The van der Waals surface area contributed by atoms with E-state index in [-0.39, 0.29) is 18.9 Å². The Labute approximate surface area is 167 Å². The molecule has 8 nitrogen and oxygen atoms in total. The van der Waals surface area contributed by atoms with Crippen molar-refractivity contribution in [3.05, 3.63) is 65.7 Å². The van der Waals surface area contributed by atoms with Crippen LogP contribution in [0, 0.1) is 0 Å². The lowest BCUT2D eigenvalue weighted by molar-refractivity contribution is -0.258. The van der Waals surface area contributed by atoms with Gasteiger partial charge in [-0.2, -0.15) is 4.89 Å². The van der Waals surface area contributed by atoms with E-state index in [1.54, 1.807) is 54.6 Å². The number of esters is 1. The van der Waals surface area contributed by atoms with Crippen molar-refractivity contribution >= 4 is 17.8 Å². The molecule has 2 aromatic rings. The van der Waals surface area contributed by atoms with Gasteiger partial charge in [0, 0.05) is 12.0 Å². The van der Waals surface area contributed by atoms with Crippen molar-refractivity contribution in [1.29, 1.82) is 0 Å². The van der Waals surface area contributed by atoms with Gasteiger partial charge in [-0.05, 0) is 36.4 Å². The monoisotopic (exact) mass is 399 g/mol. The van der Waals surface area contributed by atoms with Gasteiger partial charge in [-0.15, -0.1) is 0 Å². The predicted octanol–water partition coefficient (Wildman–Crippen LogP) is 2.24. The van der Waals surface area contributed by atoms with Crippen LogP contribution in [0.15, 0.2) is 54.6 Å². The van der Waals surface area contributed by atoms with Gasteiger partial charge in [0.05, 0.1) is 26.3 Å². The Morgan fingerprint density at radius 1 is 0.931 bits per heavy atom. The van der Waals surface area contributed by atoms with Crippen LogP contribution in [0.3, 0.4) is 0 Å². The summed E-state index contributed by atoms with van der Waals surface area (Å²) in [5, 5.41) is 0. The quantitative estimate of drug-likeness (QED) is 0.418. The van der Waals surface area contributed by atoms with Crippen LogP contribution in [0.25, 0.3) is 0 Å². The van der Waals surface area contributed by atoms with E-state index in [0.717, 1.165) is 0 Å². The number of benzene rings is 2. The number of carbonyl (C=O) groups excluding carboxylic acids is 3. The Morgan fingerprint density at radius 2 is 1.62 bits per heavy atom. The highest BCUT2D eigenvalue weighted by Crippen LogP contribution is 2.26. The van der Waals surface area contributed by atoms with E-state index in [2.05, 4.69) is 14.5 Å². The molecule has 0 saturated carbocycles. The van der Waals surface area contributed by atoms with Gasteiger partial charge in [-0.1, -0.05) is 18.2 Å². The van der Waals surface area contributed by atoms with Crippen LogP contribution < -0.4 is 4.74 Å². The zero-order chi connectivity index (χ0) is 20.8. The highest BCUT2D eigenvalue weighted by molar-refractivity contribution is 5.97. The van der Waals surface area contributed by atoms with E-state index in [4.69, 9.17) is 4.74 Å². The second kappa shape index (κ2) is 9.20. The van der Waals surface area contributed by atoms with E-state index < -0.39 is 24.1 Å². The largest absolute Gasteiger partial charge is 0.488 e. The molecule has 2 atom stereocenters. The first-order valence-electron chi connectivity index (χ1n) is 8.99. The van der Waals surface area contributed by atoms with Gasteiger partial charge in [0.25, 0.3) is 5.91 Å². The fourth-order valence-corrected chi connectivity index (χ4v) is 3.19. The SMILES string of the molecule is COOC(=O)[C@@H]1C[C@H](Oc2ccc(C(=O)OC)cc2)CN1C(=O)c1ccccc1. The first kappa shape index (κ1) is 20.3. The second-order valence-electron chi connectivity index (χ2n) is 6.40. The lowest BCUT2D eigenvalue weighted by Gasteiger charge is -2.22. The maximum Gasteiger partial charge on any atom is 0.364 e. The maximum atomic E-state index is 12.9. The summed E-state index contributed by atoms with van der Waals surface area (Å²) in [6, 6.07) is 14.3. The number of carbonyl (C=O) groups is 3. The molecule has 29 heavy (non-hydrogen) atoms. The molecule has 3 rings (SSSR count). The third kappa shape index (κ3) is 4.72. The summed E-state index contributed by atoms with van der Waals surface area (Å²) >= 11 is 0. The number of ether oxygens (including phenoxy) is 2. The summed E-state index contributed by atoms with van der Waals surface area (Å²) in [4.78, 5) is 47.3. The molecule has 0 unspecified atom stereocenters. The fourth-order valence-electron chi connectivity index (χ4n) is 3.19. The molecule has 1 aliphatic heterocycles. The van der Waals surface area contributed by atoms with Crippen molar-refractivity contribution in [2.75, 3.05) is 20.8 Å². The van der Waals surface area contributed by atoms with Gasteiger partial charge in [0.2, 0.25) is 0 Å². The van der Waals surface area contributed by atoms with E-state index in [1.807, 2.05) is 0 Å². The third-order valence-corrected chi connectivity index (χ3v) is 4.56. The van der Waals surface area contributed by atoms with Crippen LogP contribution in [-0.2, 0) is 19.3 Å². The zero-order valence-corrected chi connectivity index (χ0v) is 16.1. The van der Waals surface area contributed by atoms with Crippen molar-refractivity contribution in [2.45, 2.75) is 18.6 Å². The molecule has 1 amide bonds. The lowest BCUT2D eigenvalue weighted by Crippen LogP contribution is -2.41. The van der Waals surface area contributed by atoms with Gasteiger partial charge in [0.1, 0.15) is 17.9 Å². The number of rotatable bonds is 6. The minimum atomic E-state index is -0.831. The third-order valence-electron chi connectivity index (χ3n) is 4.56. The normalized spacial score (nSPS) is 18.2. The molecule has 1 aliphatic rings. The maximum absolute atomic E-state index is 12.9. The molecule has 8 heteroatoms. The Kier molecular flexibility index (Phi) is 6.46. The van der Waals surface area contributed by atoms with E-state index in [1.165, 1.54) is 19.1 Å². The molecular formula is C21H21NO7. The molecule has 1 heterocycles. The average molecular weight is 399 g/mol. The van der Waals surface area contributed by atoms with Crippen molar-refractivity contribution in [1.82, 2.24) is 4.90 Å². The number of hydrogen-bond donors (Lipinski definition) is 0. The minimum absolute atomic E-state index is 0.204. The number of methoxy groups -OCH3 is 1. The van der Waals surface area contributed by atoms with E-state index in [0.29, 0.717) is 16.9 Å². The van der Waals surface area contributed by atoms with Crippen LogP contribution >= 0.6 is 0 Å². The van der Waals surface area contributed by atoms with Gasteiger partial charge < -0.3 is 14.4 Å². The molecule has 0 N–H and O–H groups in total. The van der Waals surface area contributed by atoms with Crippen molar-refractivity contribution in [2.24, 2.45) is 0 Å². The number of amides is 1.